The van der Waals surface area contributed by atoms with Gasteiger partial charge in [-0.25, -0.2) is 4.57 Å². The minimum Gasteiger partial charge on any atom is -0.388 e. The summed E-state index contributed by atoms with van der Waals surface area (Å²) in [6.45, 7) is 4.20. The van der Waals surface area contributed by atoms with E-state index in [0.29, 0.717) is 5.57 Å². The molecule has 0 aliphatic rings. The van der Waals surface area contributed by atoms with Gasteiger partial charge in [0.05, 0.1) is 6.61 Å². The lowest BCUT2D eigenvalue weighted by atomic mass is 10.1. The standard InChI is InChI=1S/C6H13O6P/c1-4(2)6(8)5(7)3-12-13(9,10)11/h5-8H,1,3H2,2H3,(H2,9,10,11)/t5-,6-/m1/s1. The molecule has 0 aromatic carbocycles. The highest BCUT2D eigenvalue weighted by atomic mass is 31.2. The molecule has 0 heterocycles. The average Bonchev–Trinajstić information content (AvgIpc) is 1.97. The number of aliphatic hydroxyl groups is 2. The van der Waals surface area contributed by atoms with Gasteiger partial charge in [-0.2, -0.15) is 0 Å². The summed E-state index contributed by atoms with van der Waals surface area (Å²) in [6, 6.07) is 0. The third kappa shape index (κ3) is 5.93. The molecule has 0 aliphatic carbocycles. The number of hydrogen-bond donors (Lipinski definition) is 4. The predicted molar refractivity (Wildman–Crippen MR) is 44.8 cm³/mol. The molecule has 0 unspecified atom stereocenters. The van der Waals surface area contributed by atoms with Crippen LogP contribution in [0.15, 0.2) is 12.2 Å². The third-order valence-electron chi connectivity index (χ3n) is 1.28. The molecule has 0 aliphatic heterocycles. The van der Waals surface area contributed by atoms with Crippen LogP contribution in [-0.4, -0.2) is 38.8 Å². The zero-order valence-corrected chi connectivity index (χ0v) is 8.02. The molecule has 0 aromatic rings. The van der Waals surface area contributed by atoms with Crippen molar-refractivity contribution in [2.45, 2.75) is 19.1 Å². The van der Waals surface area contributed by atoms with Crippen LogP contribution in [-0.2, 0) is 9.09 Å². The van der Waals surface area contributed by atoms with Crippen LogP contribution < -0.4 is 0 Å². The lowest BCUT2D eigenvalue weighted by Gasteiger charge is -2.17. The molecule has 0 saturated carbocycles. The van der Waals surface area contributed by atoms with Crippen molar-refractivity contribution in [1.29, 1.82) is 0 Å². The Hall–Kier alpha value is -0.230. The largest absolute Gasteiger partial charge is 0.469 e. The fourth-order valence-electron chi connectivity index (χ4n) is 0.593. The van der Waals surface area contributed by atoms with E-state index >= 15 is 0 Å². The average molecular weight is 212 g/mol. The molecule has 0 bridgehead atoms. The first kappa shape index (κ1) is 12.8. The molecule has 0 rings (SSSR count). The molecule has 0 amide bonds. The van der Waals surface area contributed by atoms with E-state index < -0.39 is 26.6 Å². The van der Waals surface area contributed by atoms with Gasteiger partial charge in [0.15, 0.2) is 0 Å². The van der Waals surface area contributed by atoms with Gasteiger partial charge in [0.2, 0.25) is 0 Å². The second-order valence-electron chi connectivity index (χ2n) is 2.64. The summed E-state index contributed by atoms with van der Waals surface area (Å²) in [7, 11) is -4.59. The summed E-state index contributed by atoms with van der Waals surface area (Å²) >= 11 is 0. The summed E-state index contributed by atoms with van der Waals surface area (Å²) in [6.07, 6.45) is -2.63. The van der Waals surface area contributed by atoms with Gasteiger partial charge >= 0.3 is 7.82 Å². The van der Waals surface area contributed by atoms with Gasteiger partial charge in [-0.1, -0.05) is 6.58 Å². The van der Waals surface area contributed by atoms with Crippen molar-refractivity contribution in [2.75, 3.05) is 6.61 Å². The van der Waals surface area contributed by atoms with Gasteiger partial charge in [-0.3, -0.25) is 4.52 Å². The molecule has 0 aromatic heterocycles. The first-order valence-electron chi connectivity index (χ1n) is 3.45. The highest BCUT2D eigenvalue weighted by molar-refractivity contribution is 7.46. The van der Waals surface area contributed by atoms with E-state index in [0.717, 1.165) is 0 Å². The molecule has 0 saturated heterocycles. The van der Waals surface area contributed by atoms with Gasteiger partial charge in [0.25, 0.3) is 0 Å². The molecular weight excluding hydrogens is 199 g/mol. The van der Waals surface area contributed by atoms with Crippen LogP contribution >= 0.6 is 7.82 Å². The Labute approximate surface area is 75.7 Å². The van der Waals surface area contributed by atoms with Crippen molar-refractivity contribution in [3.63, 3.8) is 0 Å². The van der Waals surface area contributed by atoms with Gasteiger partial charge in [0, 0.05) is 0 Å². The predicted octanol–water partition coefficient (Wildman–Crippen LogP) is -0.606. The lowest BCUT2D eigenvalue weighted by molar-refractivity contribution is 0.00386. The third-order valence-corrected chi connectivity index (χ3v) is 1.77. The van der Waals surface area contributed by atoms with Crippen molar-refractivity contribution >= 4 is 7.82 Å². The van der Waals surface area contributed by atoms with Crippen LogP contribution in [0.1, 0.15) is 6.92 Å². The molecule has 6 nitrogen and oxygen atoms in total. The fraction of sp³-hybridized carbons (Fsp3) is 0.667. The van der Waals surface area contributed by atoms with Crippen LogP contribution in [0, 0.1) is 0 Å². The molecule has 78 valence electrons. The van der Waals surface area contributed by atoms with Crippen molar-refractivity contribution in [3.8, 4) is 0 Å². The van der Waals surface area contributed by atoms with Crippen molar-refractivity contribution < 1.29 is 29.1 Å². The van der Waals surface area contributed by atoms with E-state index in [1.54, 1.807) is 0 Å². The minimum atomic E-state index is -4.59. The van der Waals surface area contributed by atoms with Crippen LogP contribution in [0.5, 0.6) is 0 Å². The Morgan fingerprint density at radius 3 is 2.31 bits per heavy atom. The molecule has 0 fully saturated rings. The van der Waals surface area contributed by atoms with Crippen LogP contribution in [0.25, 0.3) is 0 Å². The van der Waals surface area contributed by atoms with Crippen molar-refractivity contribution in [2.24, 2.45) is 0 Å². The second-order valence-corrected chi connectivity index (χ2v) is 3.88. The second kappa shape index (κ2) is 4.85. The number of aliphatic hydroxyl groups excluding tert-OH is 2. The monoisotopic (exact) mass is 212 g/mol. The Kier molecular flexibility index (Phi) is 4.77. The van der Waals surface area contributed by atoms with Gasteiger partial charge in [0.1, 0.15) is 12.2 Å². The highest BCUT2D eigenvalue weighted by Gasteiger charge is 2.22. The van der Waals surface area contributed by atoms with Crippen LogP contribution in [0.2, 0.25) is 0 Å². The molecular formula is C6H13O6P. The van der Waals surface area contributed by atoms with Gasteiger partial charge in [-0.15, -0.1) is 0 Å². The first-order valence-corrected chi connectivity index (χ1v) is 4.98. The van der Waals surface area contributed by atoms with E-state index in [4.69, 9.17) is 20.0 Å². The van der Waals surface area contributed by atoms with E-state index in [9.17, 15) is 4.57 Å². The number of hydrogen-bond acceptors (Lipinski definition) is 4. The Morgan fingerprint density at radius 1 is 1.54 bits per heavy atom. The summed E-state index contributed by atoms with van der Waals surface area (Å²) < 4.78 is 14.2. The molecule has 0 spiro atoms. The first-order chi connectivity index (χ1) is 5.74. The topological polar surface area (TPSA) is 107 Å². The van der Waals surface area contributed by atoms with E-state index in [1.165, 1.54) is 6.92 Å². The lowest BCUT2D eigenvalue weighted by Crippen LogP contribution is -2.30. The summed E-state index contributed by atoms with van der Waals surface area (Å²) in [5.41, 5.74) is 0.293. The van der Waals surface area contributed by atoms with Gasteiger partial charge in [-0.05, 0) is 12.5 Å². The van der Waals surface area contributed by atoms with E-state index in [-0.39, 0.29) is 0 Å². The van der Waals surface area contributed by atoms with Crippen molar-refractivity contribution in [1.82, 2.24) is 0 Å². The molecule has 2 atom stereocenters. The van der Waals surface area contributed by atoms with E-state index in [2.05, 4.69) is 11.1 Å². The van der Waals surface area contributed by atoms with Crippen LogP contribution in [0.4, 0.5) is 0 Å². The summed E-state index contributed by atoms with van der Waals surface area (Å²) in [5.74, 6) is 0. The summed E-state index contributed by atoms with van der Waals surface area (Å²) in [5, 5.41) is 18.2. The van der Waals surface area contributed by atoms with Crippen molar-refractivity contribution in [3.05, 3.63) is 12.2 Å². The normalized spacial score (nSPS) is 16.7. The number of phosphoric ester groups is 1. The SMILES string of the molecule is C=C(C)[C@@H](O)[C@H](O)COP(=O)(O)O. The zero-order valence-electron chi connectivity index (χ0n) is 7.12. The van der Waals surface area contributed by atoms with Crippen LogP contribution in [0.3, 0.4) is 0 Å². The quantitative estimate of drug-likeness (QED) is 0.358. The number of rotatable bonds is 5. The zero-order chi connectivity index (χ0) is 10.6. The smallest absolute Gasteiger partial charge is 0.388 e. The van der Waals surface area contributed by atoms with Gasteiger partial charge < -0.3 is 20.0 Å². The summed E-state index contributed by atoms with van der Waals surface area (Å²) in [4.78, 5) is 16.5. The van der Waals surface area contributed by atoms with E-state index in [1.807, 2.05) is 0 Å². The highest BCUT2D eigenvalue weighted by Crippen LogP contribution is 2.35. The Balaban J connectivity index is 3.95. The maximum atomic E-state index is 10.2. The molecule has 4 N–H and O–H groups in total. The molecule has 0 radical (unpaired) electrons. The number of phosphoric acid groups is 1. The Morgan fingerprint density at radius 2 is 2.00 bits per heavy atom. The minimum absolute atomic E-state index is 0.293. The molecule has 7 heteroatoms. The fourth-order valence-corrected chi connectivity index (χ4v) is 0.940. The maximum Gasteiger partial charge on any atom is 0.469 e. The molecule has 13 heavy (non-hydrogen) atoms. The Bertz CT molecular complexity index is 221. The maximum absolute atomic E-state index is 10.2.